The number of allylic oxidation sites excluding steroid dienone is 2. The van der Waals surface area contributed by atoms with Crippen LogP contribution < -0.4 is 0 Å². The molecule has 2 aromatic carbocycles. The first kappa shape index (κ1) is 13.5. The molecule has 2 aliphatic carbocycles. The van der Waals surface area contributed by atoms with E-state index in [1.165, 1.54) is 22.3 Å². The van der Waals surface area contributed by atoms with Crippen LogP contribution in [0.4, 0.5) is 0 Å². The van der Waals surface area contributed by atoms with Gasteiger partial charge in [0.05, 0.1) is 0 Å². The predicted octanol–water partition coefficient (Wildman–Crippen LogP) is 4.99. The van der Waals surface area contributed by atoms with Crippen LogP contribution in [-0.4, -0.2) is 5.78 Å². The van der Waals surface area contributed by atoms with Gasteiger partial charge >= 0.3 is 0 Å². The summed E-state index contributed by atoms with van der Waals surface area (Å²) < 4.78 is 0. The number of hydrogen-bond acceptors (Lipinski definition) is 1. The molecule has 2 unspecified atom stereocenters. The Bertz CT molecular complexity index is 712. The maximum atomic E-state index is 12.2. The maximum Gasteiger partial charge on any atom is 0.136 e. The molecule has 1 saturated carbocycles. The number of carbonyl (C=O) groups excluding carboxylic acids is 1. The van der Waals surface area contributed by atoms with Crippen LogP contribution in [0, 0.1) is 11.8 Å². The van der Waals surface area contributed by atoms with Crippen LogP contribution >= 0.6 is 0 Å². The fourth-order valence-corrected chi connectivity index (χ4v) is 4.09. The third-order valence-electron chi connectivity index (χ3n) is 5.24. The minimum atomic E-state index is 0.252. The van der Waals surface area contributed by atoms with Crippen molar-refractivity contribution in [2.24, 2.45) is 11.8 Å². The minimum absolute atomic E-state index is 0.252. The molecular weight excluding hydrogens is 268 g/mol. The van der Waals surface area contributed by atoms with Gasteiger partial charge in [0.15, 0.2) is 0 Å². The number of rotatable bonds is 2. The zero-order valence-electron chi connectivity index (χ0n) is 12.7. The number of carbonyl (C=O) groups is 1. The fourth-order valence-electron chi connectivity index (χ4n) is 4.09. The van der Waals surface area contributed by atoms with E-state index in [1.807, 2.05) is 0 Å². The number of ketones is 1. The average Bonchev–Trinajstić information content (AvgIpc) is 2.96. The van der Waals surface area contributed by atoms with Gasteiger partial charge < -0.3 is 0 Å². The van der Waals surface area contributed by atoms with Gasteiger partial charge in [-0.15, -0.1) is 0 Å². The second kappa shape index (κ2) is 5.57. The van der Waals surface area contributed by atoms with E-state index in [-0.39, 0.29) is 5.92 Å². The van der Waals surface area contributed by atoms with Crippen molar-refractivity contribution in [2.45, 2.75) is 25.7 Å². The highest BCUT2D eigenvalue weighted by Crippen LogP contribution is 2.48. The predicted molar refractivity (Wildman–Crippen MR) is 90.2 cm³/mol. The Kier molecular flexibility index (Phi) is 3.42. The lowest BCUT2D eigenvalue weighted by molar-refractivity contribution is -0.121. The Labute approximate surface area is 131 Å². The van der Waals surface area contributed by atoms with Crippen molar-refractivity contribution in [1.29, 1.82) is 0 Å². The van der Waals surface area contributed by atoms with Crippen molar-refractivity contribution in [1.82, 2.24) is 0 Å². The monoisotopic (exact) mass is 288 g/mol. The van der Waals surface area contributed by atoms with Crippen LogP contribution in [0.2, 0.25) is 0 Å². The van der Waals surface area contributed by atoms with Gasteiger partial charge in [-0.05, 0) is 47.5 Å². The van der Waals surface area contributed by atoms with Crippen molar-refractivity contribution < 1.29 is 4.79 Å². The van der Waals surface area contributed by atoms with E-state index in [2.05, 4.69) is 60.7 Å². The molecule has 0 bridgehead atoms. The van der Waals surface area contributed by atoms with E-state index in [0.717, 1.165) is 25.7 Å². The second-order valence-electron chi connectivity index (χ2n) is 6.47. The molecule has 0 saturated heterocycles. The van der Waals surface area contributed by atoms with E-state index in [4.69, 9.17) is 0 Å². The highest BCUT2D eigenvalue weighted by atomic mass is 16.1. The molecule has 0 spiro atoms. The van der Waals surface area contributed by atoms with E-state index in [9.17, 15) is 4.79 Å². The molecule has 0 amide bonds. The topological polar surface area (TPSA) is 17.1 Å². The average molecular weight is 288 g/mol. The summed E-state index contributed by atoms with van der Waals surface area (Å²) in [7, 11) is 0. The van der Waals surface area contributed by atoms with Gasteiger partial charge in [-0.25, -0.2) is 0 Å². The molecule has 0 aromatic heterocycles. The van der Waals surface area contributed by atoms with Crippen LogP contribution in [-0.2, 0) is 4.79 Å². The van der Waals surface area contributed by atoms with E-state index < -0.39 is 0 Å². The fraction of sp³-hybridized carbons (Fsp3) is 0.286. The molecule has 2 aromatic rings. The van der Waals surface area contributed by atoms with Gasteiger partial charge in [-0.1, -0.05) is 60.7 Å². The van der Waals surface area contributed by atoms with E-state index in [0.29, 0.717) is 11.7 Å². The van der Waals surface area contributed by atoms with Gasteiger partial charge in [0, 0.05) is 12.3 Å². The van der Waals surface area contributed by atoms with Crippen LogP contribution in [0.3, 0.4) is 0 Å². The molecule has 22 heavy (non-hydrogen) atoms. The van der Waals surface area contributed by atoms with E-state index >= 15 is 0 Å². The summed E-state index contributed by atoms with van der Waals surface area (Å²) in [4.78, 5) is 12.2. The third-order valence-corrected chi connectivity index (χ3v) is 5.24. The standard InChI is InChI=1S/C21H20O/c22-21-12-11-17-13-18(15-7-3-1-4-8-15)19(14-20(17)21)16-9-5-2-6-10-16/h1-10,17,20H,11-14H2. The molecule has 1 heteroatoms. The van der Waals surface area contributed by atoms with Crippen molar-refractivity contribution in [3.8, 4) is 0 Å². The number of benzene rings is 2. The molecular formula is C21H20O. The molecule has 110 valence electrons. The van der Waals surface area contributed by atoms with Crippen LogP contribution in [0.25, 0.3) is 11.1 Å². The number of fused-ring (bicyclic) bond motifs is 1. The highest BCUT2D eigenvalue weighted by Gasteiger charge is 2.39. The molecule has 2 aliphatic rings. The Balaban J connectivity index is 1.84. The van der Waals surface area contributed by atoms with Gasteiger partial charge in [-0.2, -0.15) is 0 Å². The lowest BCUT2D eigenvalue weighted by atomic mass is 9.74. The van der Waals surface area contributed by atoms with Gasteiger partial charge in [-0.3, -0.25) is 4.79 Å². The first-order chi connectivity index (χ1) is 10.8. The number of hydrogen-bond donors (Lipinski definition) is 0. The Morgan fingerprint density at radius 1 is 0.727 bits per heavy atom. The van der Waals surface area contributed by atoms with Gasteiger partial charge in [0.1, 0.15) is 5.78 Å². The Morgan fingerprint density at radius 2 is 1.27 bits per heavy atom. The van der Waals surface area contributed by atoms with Gasteiger partial charge in [0.25, 0.3) is 0 Å². The summed E-state index contributed by atoms with van der Waals surface area (Å²) in [5.41, 5.74) is 5.42. The summed E-state index contributed by atoms with van der Waals surface area (Å²) in [6.45, 7) is 0. The summed E-state index contributed by atoms with van der Waals surface area (Å²) in [5.74, 6) is 1.28. The van der Waals surface area contributed by atoms with Gasteiger partial charge in [0.2, 0.25) is 0 Å². The van der Waals surface area contributed by atoms with E-state index in [1.54, 1.807) is 0 Å². The largest absolute Gasteiger partial charge is 0.299 e. The minimum Gasteiger partial charge on any atom is -0.299 e. The molecule has 0 heterocycles. The van der Waals surface area contributed by atoms with Crippen molar-refractivity contribution in [2.75, 3.05) is 0 Å². The smallest absolute Gasteiger partial charge is 0.136 e. The third kappa shape index (κ3) is 2.31. The van der Waals surface area contributed by atoms with Crippen LogP contribution in [0.5, 0.6) is 0 Å². The normalized spacial score (nSPS) is 24.5. The molecule has 4 rings (SSSR count). The zero-order valence-corrected chi connectivity index (χ0v) is 12.7. The molecule has 2 atom stereocenters. The summed E-state index contributed by atoms with van der Waals surface area (Å²) in [5, 5.41) is 0. The molecule has 0 aliphatic heterocycles. The summed E-state index contributed by atoms with van der Waals surface area (Å²) >= 11 is 0. The second-order valence-corrected chi connectivity index (χ2v) is 6.47. The summed E-state index contributed by atoms with van der Waals surface area (Å²) in [6.07, 6.45) is 3.81. The lowest BCUT2D eigenvalue weighted by Gasteiger charge is -2.30. The van der Waals surface area contributed by atoms with Crippen molar-refractivity contribution in [3.05, 3.63) is 71.8 Å². The molecule has 1 nitrogen and oxygen atoms in total. The SMILES string of the molecule is O=C1CCC2CC(c3ccccc3)=C(c3ccccc3)CC12. The quantitative estimate of drug-likeness (QED) is 0.761. The van der Waals surface area contributed by atoms with Crippen LogP contribution in [0.15, 0.2) is 60.7 Å². The lowest BCUT2D eigenvalue weighted by Crippen LogP contribution is -2.20. The molecule has 0 radical (unpaired) electrons. The van der Waals surface area contributed by atoms with Crippen molar-refractivity contribution >= 4 is 16.9 Å². The zero-order chi connectivity index (χ0) is 14.9. The molecule has 0 N–H and O–H groups in total. The molecule has 1 fully saturated rings. The Morgan fingerprint density at radius 3 is 1.86 bits per heavy atom. The Hall–Kier alpha value is -2.15. The summed E-state index contributed by atoms with van der Waals surface area (Å²) in [6, 6.07) is 21.3. The van der Waals surface area contributed by atoms with Crippen molar-refractivity contribution in [3.63, 3.8) is 0 Å². The first-order valence-corrected chi connectivity index (χ1v) is 8.18. The first-order valence-electron chi connectivity index (χ1n) is 8.18. The van der Waals surface area contributed by atoms with Crippen LogP contribution in [0.1, 0.15) is 36.8 Å². The highest BCUT2D eigenvalue weighted by molar-refractivity contribution is 5.96. The number of Topliss-reactive ketones (excluding diaryl/α,β-unsaturated/α-hetero) is 1. The maximum absolute atomic E-state index is 12.2.